The molecule has 10 nitrogen and oxygen atoms in total. The number of carbonyl (C=O) groups is 4. The van der Waals surface area contributed by atoms with Gasteiger partial charge in [-0.25, -0.2) is 0 Å². The van der Waals surface area contributed by atoms with Gasteiger partial charge in [0.05, 0.1) is 25.1 Å². The second-order valence-electron chi connectivity index (χ2n) is 10.2. The predicted octanol–water partition coefficient (Wildman–Crippen LogP) is 4.05. The average molecular weight is 601 g/mol. The summed E-state index contributed by atoms with van der Waals surface area (Å²) in [4.78, 5) is 52.7. The highest BCUT2D eigenvalue weighted by atomic mass is 19.4. The predicted molar refractivity (Wildman–Crippen MR) is 146 cm³/mol. The van der Waals surface area contributed by atoms with Crippen molar-refractivity contribution in [2.75, 3.05) is 19.7 Å². The van der Waals surface area contributed by atoms with Gasteiger partial charge in [0, 0.05) is 37.1 Å². The molecule has 43 heavy (non-hydrogen) atoms. The third-order valence-electron chi connectivity index (χ3n) is 7.43. The molecule has 1 N–H and O–H groups in total. The van der Waals surface area contributed by atoms with Crippen LogP contribution in [-0.4, -0.2) is 65.5 Å². The fraction of sp³-hybridized carbons (Fsp3) is 0.433. The number of hydrogen-bond acceptors (Lipinski definition) is 7. The first-order valence-corrected chi connectivity index (χ1v) is 13.9. The van der Waals surface area contributed by atoms with Crippen LogP contribution in [-0.2, 0) is 20.9 Å². The quantitative estimate of drug-likeness (QED) is 0.288. The number of benzene rings is 2. The van der Waals surface area contributed by atoms with E-state index in [0.29, 0.717) is 48.4 Å². The van der Waals surface area contributed by atoms with E-state index in [0.717, 1.165) is 12.1 Å². The van der Waals surface area contributed by atoms with Gasteiger partial charge in [0.2, 0.25) is 17.7 Å². The molecule has 0 aromatic heterocycles. The van der Waals surface area contributed by atoms with Crippen LogP contribution in [0.25, 0.3) is 0 Å². The molecule has 2 heterocycles. The van der Waals surface area contributed by atoms with Crippen LogP contribution in [0.4, 0.5) is 13.2 Å². The number of nitrogens with one attached hydrogen (secondary N) is 1. The summed E-state index contributed by atoms with van der Waals surface area (Å²) in [5, 5.41) is 11.9. The van der Waals surface area contributed by atoms with Crippen molar-refractivity contribution in [3.05, 3.63) is 59.2 Å². The minimum absolute atomic E-state index is 0.130. The van der Waals surface area contributed by atoms with Crippen LogP contribution in [0.15, 0.2) is 42.5 Å². The van der Waals surface area contributed by atoms with Crippen LogP contribution in [0.1, 0.15) is 66.4 Å². The number of carbonyl (C=O) groups excluding carboxylic acids is 4. The van der Waals surface area contributed by atoms with Crippen LogP contribution >= 0.6 is 0 Å². The lowest BCUT2D eigenvalue weighted by Crippen LogP contribution is -2.52. The molecule has 1 saturated heterocycles. The number of imide groups is 1. The number of nitriles is 1. The Kier molecular flexibility index (Phi) is 9.90. The largest absolute Gasteiger partial charge is 0.573 e. The number of amides is 4. The van der Waals surface area contributed by atoms with Crippen LogP contribution in [0.3, 0.4) is 0 Å². The van der Waals surface area contributed by atoms with E-state index < -0.39 is 24.2 Å². The number of fused-ring (bicyclic) bond motifs is 1. The number of rotatable bonds is 12. The Bertz CT molecular complexity index is 1410. The monoisotopic (exact) mass is 600 g/mol. The van der Waals surface area contributed by atoms with Gasteiger partial charge in [-0.05, 0) is 56.0 Å². The Balaban J connectivity index is 1.26. The second-order valence-corrected chi connectivity index (χ2v) is 10.2. The molecule has 2 atom stereocenters. The Morgan fingerprint density at radius 2 is 1.93 bits per heavy atom. The summed E-state index contributed by atoms with van der Waals surface area (Å²) in [6.07, 6.45) is -3.50. The van der Waals surface area contributed by atoms with Crippen LogP contribution in [0.5, 0.6) is 11.5 Å². The van der Waals surface area contributed by atoms with Crippen molar-refractivity contribution in [2.24, 2.45) is 0 Å². The second kappa shape index (κ2) is 13.6. The molecule has 2 aromatic rings. The minimum Gasteiger partial charge on any atom is -0.493 e. The molecule has 1 fully saturated rings. The van der Waals surface area contributed by atoms with Crippen LogP contribution in [0, 0.1) is 11.3 Å². The third kappa shape index (κ3) is 7.82. The molecule has 0 bridgehead atoms. The van der Waals surface area contributed by atoms with E-state index in [4.69, 9.17) is 4.74 Å². The van der Waals surface area contributed by atoms with Crippen molar-refractivity contribution in [3.63, 3.8) is 0 Å². The maximum Gasteiger partial charge on any atom is 0.573 e. The van der Waals surface area contributed by atoms with E-state index in [1.54, 1.807) is 23.1 Å². The zero-order valence-electron chi connectivity index (χ0n) is 23.5. The maximum absolute atomic E-state index is 13.0. The Labute approximate surface area is 246 Å². The Morgan fingerprint density at radius 3 is 2.58 bits per heavy atom. The highest BCUT2D eigenvalue weighted by Gasteiger charge is 2.40. The zero-order valence-corrected chi connectivity index (χ0v) is 23.5. The summed E-state index contributed by atoms with van der Waals surface area (Å²) in [6.45, 7) is 2.91. The number of alkyl halides is 3. The Morgan fingerprint density at radius 1 is 1.19 bits per heavy atom. The normalized spacial score (nSPS) is 17.1. The van der Waals surface area contributed by atoms with E-state index in [-0.39, 0.29) is 55.9 Å². The first-order chi connectivity index (χ1) is 20.5. The van der Waals surface area contributed by atoms with Crippen molar-refractivity contribution in [3.8, 4) is 17.6 Å². The molecule has 2 aliphatic heterocycles. The van der Waals surface area contributed by atoms with Crippen molar-refractivity contribution in [2.45, 2.75) is 63.9 Å². The minimum atomic E-state index is -4.80. The molecule has 0 aliphatic carbocycles. The average Bonchev–Trinajstić information content (AvgIpc) is 3.30. The van der Waals surface area contributed by atoms with Gasteiger partial charge in [-0.3, -0.25) is 24.5 Å². The van der Waals surface area contributed by atoms with E-state index in [1.165, 1.54) is 17.0 Å². The van der Waals surface area contributed by atoms with Gasteiger partial charge >= 0.3 is 6.36 Å². The SMILES string of the molecule is CCN(CCC(C#N)c1ccc(OC(F)(F)F)cc1)C(=O)CCCOc1cccc2c1CN(C1CCC(=O)NC1=O)C2=O. The van der Waals surface area contributed by atoms with Gasteiger partial charge in [-0.1, -0.05) is 18.2 Å². The first kappa shape index (κ1) is 31.3. The highest BCUT2D eigenvalue weighted by molar-refractivity contribution is 6.05. The summed E-state index contributed by atoms with van der Waals surface area (Å²) in [7, 11) is 0. The van der Waals surface area contributed by atoms with E-state index in [2.05, 4.69) is 16.1 Å². The molecule has 0 saturated carbocycles. The molecule has 13 heteroatoms. The van der Waals surface area contributed by atoms with Crippen molar-refractivity contribution < 1.29 is 41.8 Å². The summed E-state index contributed by atoms with van der Waals surface area (Å²) in [5.41, 5.74) is 1.61. The lowest BCUT2D eigenvalue weighted by molar-refractivity contribution is -0.274. The molecule has 4 rings (SSSR count). The van der Waals surface area contributed by atoms with E-state index in [1.807, 2.05) is 6.92 Å². The summed E-state index contributed by atoms with van der Waals surface area (Å²) in [6, 6.07) is 11.6. The number of hydrogen-bond donors (Lipinski definition) is 1. The number of ether oxygens (including phenoxy) is 2. The van der Waals surface area contributed by atoms with Gasteiger partial charge in [-0.15, -0.1) is 13.2 Å². The standard InChI is InChI=1S/C30H31F3N4O6/c1-2-36(15-14-20(17-34)19-8-10-21(11-9-19)43-30(31,32)33)27(39)7-4-16-42-25-6-3-5-22-23(25)18-37(29(22)41)24-12-13-26(38)35-28(24)40/h3,5-6,8-11,20,24H,2,4,7,12-16,18H2,1H3,(H,35,38,40). The van der Waals surface area contributed by atoms with Crippen molar-refractivity contribution >= 4 is 23.6 Å². The number of nitrogens with zero attached hydrogens (tertiary/aromatic N) is 3. The third-order valence-corrected chi connectivity index (χ3v) is 7.43. The van der Waals surface area contributed by atoms with Gasteiger partial charge in [-0.2, -0.15) is 5.26 Å². The molecule has 228 valence electrons. The molecule has 2 aromatic carbocycles. The molecule has 4 amide bonds. The molecule has 2 aliphatic rings. The molecule has 0 radical (unpaired) electrons. The lowest BCUT2D eigenvalue weighted by atomic mass is 9.97. The highest BCUT2D eigenvalue weighted by Crippen LogP contribution is 2.34. The molecular formula is C30H31F3N4O6. The Hall–Kier alpha value is -4.60. The molecule has 2 unspecified atom stereocenters. The van der Waals surface area contributed by atoms with E-state index in [9.17, 15) is 37.6 Å². The van der Waals surface area contributed by atoms with Crippen molar-refractivity contribution in [1.29, 1.82) is 5.26 Å². The lowest BCUT2D eigenvalue weighted by Gasteiger charge is -2.29. The first-order valence-electron chi connectivity index (χ1n) is 13.9. The smallest absolute Gasteiger partial charge is 0.493 e. The summed E-state index contributed by atoms with van der Waals surface area (Å²) in [5.74, 6) is -1.79. The fourth-order valence-corrected chi connectivity index (χ4v) is 5.21. The topological polar surface area (TPSA) is 129 Å². The van der Waals surface area contributed by atoms with Crippen LogP contribution in [0.2, 0.25) is 0 Å². The fourth-order valence-electron chi connectivity index (χ4n) is 5.21. The molecular weight excluding hydrogens is 569 g/mol. The summed E-state index contributed by atoms with van der Waals surface area (Å²) >= 11 is 0. The van der Waals surface area contributed by atoms with Gasteiger partial charge < -0.3 is 19.3 Å². The zero-order chi connectivity index (χ0) is 31.1. The van der Waals surface area contributed by atoms with Gasteiger partial charge in [0.25, 0.3) is 5.91 Å². The van der Waals surface area contributed by atoms with Crippen molar-refractivity contribution in [1.82, 2.24) is 15.1 Å². The van der Waals surface area contributed by atoms with Crippen LogP contribution < -0.4 is 14.8 Å². The maximum atomic E-state index is 13.0. The van der Waals surface area contributed by atoms with Gasteiger partial charge in [0.1, 0.15) is 17.5 Å². The number of piperidine rings is 1. The van der Waals surface area contributed by atoms with Gasteiger partial charge in [0.15, 0.2) is 0 Å². The summed E-state index contributed by atoms with van der Waals surface area (Å²) < 4.78 is 47.0. The van der Waals surface area contributed by atoms with E-state index >= 15 is 0 Å². The molecule has 0 spiro atoms. The number of halogens is 3.